The Hall–Kier alpha value is -1.59. The molecule has 0 unspecified atom stereocenters. The quantitative estimate of drug-likeness (QED) is 0.814. The minimum atomic E-state index is -4.00. The van der Waals surface area contributed by atoms with Crippen LogP contribution >= 0.6 is 11.6 Å². The van der Waals surface area contributed by atoms with E-state index in [2.05, 4.69) is 0 Å². The summed E-state index contributed by atoms with van der Waals surface area (Å²) in [6.07, 6.45) is 0. The molecule has 94 valence electrons. The molecule has 2 aromatic carbocycles. The molecule has 2 aromatic rings. The summed E-state index contributed by atoms with van der Waals surface area (Å²) in [5, 5.41) is -0.271. The van der Waals surface area contributed by atoms with E-state index in [0.717, 1.165) is 18.2 Å². The third-order valence-corrected chi connectivity index (χ3v) is 3.66. The lowest BCUT2D eigenvalue weighted by atomic mass is 10.3. The van der Waals surface area contributed by atoms with Gasteiger partial charge >= 0.3 is 10.1 Å². The van der Waals surface area contributed by atoms with Gasteiger partial charge in [0.25, 0.3) is 0 Å². The van der Waals surface area contributed by atoms with Gasteiger partial charge in [-0.2, -0.15) is 8.42 Å². The molecule has 6 heteroatoms. The maximum absolute atomic E-state index is 12.9. The summed E-state index contributed by atoms with van der Waals surface area (Å²) < 4.78 is 41.5. The largest absolute Gasteiger partial charge is 0.379 e. The summed E-state index contributed by atoms with van der Waals surface area (Å²) in [7, 11) is -4.00. The van der Waals surface area contributed by atoms with Crippen molar-refractivity contribution in [3.8, 4) is 5.75 Å². The molecular formula is C12H8ClFO3S. The van der Waals surface area contributed by atoms with Crippen molar-refractivity contribution in [2.75, 3.05) is 0 Å². The van der Waals surface area contributed by atoms with Gasteiger partial charge in [0.05, 0.1) is 5.02 Å². The highest BCUT2D eigenvalue weighted by atomic mass is 35.5. The fourth-order valence-electron chi connectivity index (χ4n) is 1.28. The van der Waals surface area contributed by atoms with Gasteiger partial charge in [0.2, 0.25) is 0 Å². The molecule has 0 amide bonds. The average molecular weight is 287 g/mol. The zero-order valence-corrected chi connectivity index (χ0v) is 10.6. The van der Waals surface area contributed by atoms with E-state index in [0.29, 0.717) is 0 Å². The highest BCUT2D eigenvalue weighted by Crippen LogP contribution is 2.22. The minimum Gasteiger partial charge on any atom is -0.379 e. The predicted molar refractivity (Wildman–Crippen MR) is 65.7 cm³/mol. The van der Waals surface area contributed by atoms with Gasteiger partial charge in [0.1, 0.15) is 16.5 Å². The van der Waals surface area contributed by atoms with Gasteiger partial charge in [-0.1, -0.05) is 29.8 Å². The summed E-state index contributed by atoms with van der Waals surface area (Å²) in [5.41, 5.74) is 0. The molecule has 2 rings (SSSR count). The van der Waals surface area contributed by atoms with Crippen LogP contribution in [0.4, 0.5) is 4.39 Å². The van der Waals surface area contributed by atoms with E-state index in [1.165, 1.54) is 12.1 Å². The van der Waals surface area contributed by atoms with Crippen molar-refractivity contribution in [1.82, 2.24) is 0 Å². The third-order valence-electron chi connectivity index (χ3n) is 2.13. The molecule has 0 aliphatic carbocycles. The topological polar surface area (TPSA) is 43.4 Å². The van der Waals surface area contributed by atoms with Gasteiger partial charge in [0.15, 0.2) is 0 Å². The Balaban J connectivity index is 2.34. The summed E-state index contributed by atoms with van der Waals surface area (Å²) in [4.78, 5) is -0.197. The molecule has 0 aromatic heterocycles. The normalized spacial score (nSPS) is 11.2. The van der Waals surface area contributed by atoms with E-state index in [4.69, 9.17) is 15.8 Å². The van der Waals surface area contributed by atoms with Crippen molar-refractivity contribution >= 4 is 21.7 Å². The highest BCUT2D eigenvalue weighted by Gasteiger charge is 2.18. The zero-order valence-electron chi connectivity index (χ0n) is 9.01. The Bertz CT molecular complexity index is 656. The number of halogens is 2. The highest BCUT2D eigenvalue weighted by molar-refractivity contribution is 7.87. The van der Waals surface area contributed by atoms with Crippen LogP contribution in [0, 0.1) is 5.82 Å². The number of benzene rings is 2. The van der Waals surface area contributed by atoms with Crippen molar-refractivity contribution in [2.45, 2.75) is 4.90 Å². The maximum Gasteiger partial charge on any atom is 0.339 e. The van der Waals surface area contributed by atoms with Gasteiger partial charge in [-0.25, -0.2) is 4.39 Å². The molecule has 0 heterocycles. The number of hydrogen-bond donors (Lipinski definition) is 0. The van der Waals surface area contributed by atoms with Crippen LogP contribution in [0.5, 0.6) is 5.75 Å². The summed E-state index contributed by atoms with van der Waals surface area (Å²) in [5.74, 6) is -0.506. The molecule has 0 saturated carbocycles. The molecule has 0 bridgehead atoms. The van der Waals surface area contributed by atoms with E-state index in [1.54, 1.807) is 18.2 Å². The first-order valence-corrected chi connectivity index (χ1v) is 6.72. The lowest BCUT2D eigenvalue weighted by Gasteiger charge is -2.07. The summed E-state index contributed by atoms with van der Waals surface area (Å²) in [6, 6.07) is 11.1. The van der Waals surface area contributed by atoms with Crippen molar-refractivity contribution in [2.24, 2.45) is 0 Å². The molecule has 0 aliphatic heterocycles. The third kappa shape index (κ3) is 2.80. The van der Waals surface area contributed by atoms with Crippen LogP contribution in [0.15, 0.2) is 53.4 Å². The number of rotatable bonds is 3. The standard InChI is InChI=1S/C12H8ClFO3S/c13-11-8-10(6-7-12(11)14)18(15,16)17-9-4-2-1-3-5-9/h1-8H. The second-order valence-electron chi connectivity index (χ2n) is 3.43. The van der Waals surface area contributed by atoms with Crippen molar-refractivity contribution in [1.29, 1.82) is 0 Å². The van der Waals surface area contributed by atoms with Crippen LogP contribution < -0.4 is 4.18 Å². The Kier molecular flexibility index (Phi) is 3.54. The number of para-hydroxylation sites is 1. The Morgan fingerprint density at radius 3 is 2.33 bits per heavy atom. The van der Waals surface area contributed by atoms with Crippen molar-refractivity contribution in [3.63, 3.8) is 0 Å². The Morgan fingerprint density at radius 2 is 1.72 bits per heavy atom. The molecule has 0 spiro atoms. The Labute approximate surface area is 109 Å². The van der Waals surface area contributed by atoms with Gasteiger partial charge in [-0.3, -0.25) is 0 Å². The first-order chi connectivity index (χ1) is 8.49. The van der Waals surface area contributed by atoms with E-state index >= 15 is 0 Å². The van der Waals surface area contributed by atoms with Crippen LogP contribution in [0.25, 0.3) is 0 Å². The molecule has 0 atom stereocenters. The monoisotopic (exact) mass is 286 g/mol. The van der Waals surface area contributed by atoms with Crippen LogP contribution in [0.3, 0.4) is 0 Å². The molecule has 0 saturated heterocycles. The van der Waals surface area contributed by atoms with Gasteiger partial charge < -0.3 is 4.18 Å². The SMILES string of the molecule is O=S(=O)(Oc1ccccc1)c1ccc(F)c(Cl)c1. The van der Waals surface area contributed by atoms with Gasteiger partial charge in [-0.15, -0.1) is 0 Å². The van der Waals surface area contributed by atoms with Crippen LogP contribution in [-0.4, -0.2) is 8.42 Å². The van der Waals surface area contributed by atoms with Crippen molar-refractivity contribution < 1.29 is 17.0 Å². The van der Waals surface area contributed by atoms with E-state index in [9.17, 15) is 12.8 Å². The van der Waals surface area contributed by atoms with Gasteiger partial charge in [-0.05, 0) is 30.3 Å². The summed E-state index contributed by atoms with van der Waals surface area (Å²) >= 11 is 5.53. The van der Waals surface area contributed by atoms with E-state index in [-0.39, 0.29) is 15.7 Å². The second kappa shape index (κ2) is 4.96. The van der Waals surface area contributed by atoms with Crippen molar-refractivity contribution in [3.05, 3.63) is 59.4 Å². The van der Waals surface area contributed by atoms with E-state index < -0.39 is 15.9 Å². The lowest BCUT2D eigenvalue weighted by molar-refractivity contribution is 0.486. The second-order valence-corrected chi connectivity index (χ2v) is 5.38. The van der Waals surface area contributed by atoms with Crippen LogP contribution in [0.1, 0.15) is 0 Å². The molecule has 0 radical (unpaired) electrons. The molecular weight excluding hydrogens is 279 g/mol. The van der Waals surface area contributed by atoms with Gasteiger partial charge in [0, 0.05) is 0 Å². The van der Waals surface area contributed by atoms with Crippen LogP contribution in [0.2, 0.25) is 5.02 Å². The van der Waals surface area contributed by atoms with E-state index in [1.807, 2.05) is 0 Å². The number of hydrogen-bond acceptors (Lipinski definition) is 3. The Morgan fingerprint density at radius 1 is 1.06 bits per heavy atom. The molecule has 18 heavy (non-hydrogen) atoms. The predicted octanol–water partition coefficient (Wildman–Crippen LogP) is 3.25. The fourth-order valence-corrected chi connectivity index (χ4v) is 2.49. The molecule has 0 N–H and O–H groups in total. The molecule has 3 nitrogen and oxygen atoms in total. The molecule has 0 fully saturated rings. The first kappa shape index (κ1) is 12.9. The smallest absolute Gasteiger partial charge is 0.339 e. The zero-order chi connectivity index (χ0) is 13.2. The summed E-state index contributed by atoms with van der Waals surface area (Å²) in [6.45, 7) is 0. The average Bonchev–Trinajstić information content (AvgIpc) is 2.33. The fraction of sp³-hybridized carbons (Fsp3) is 0. The maximum atomic E-state index is 12.9. The molecule has 0 aliphatic rings. The lowest BCUT2D eigenvalue weighted by Crippen LogP contribution is -2.09. The minimum absolute atomic E-state index is 0.179. The first-order valence-electron chi connectivity index (χ1n) is 4.93. The van der Waals surface area contributed by atoms with Crippen LogP contribution in [-0.2, 0) is 10.1 Å².